The topological polar surface area (TPSA) is 46.5 Å². The number of carboxylic acids is 1. The van der Waals surface area contributed by atoms with Crippen molar-refractivity contribution in [3.63, 3.8) is 0 Å². The van der Waals surface area contributed by atoms with Gasteiger partial charge in [-0.3, -0.25) is 0 Å². The summed E-state index contributed by atoms with van der Waals surface area (Å²) in [5.74, 6) is -0.142. The van der Waals surface area contributed by atoms with Crippen molar-refractivity contribution in [2.75, 3.05) is 0 Å². The van der Waals surface area contributed by atoms with Crippen LogP contribution < -0.4 is 4.74 Å². The number of hydrogen-bond acceptors (Lipinski definition) is 3. The third-order valence-electron chi connectivity index (χ3n) is 2.46. The van der Waals surface area contributed by atoms with Gasteiger partial charge in [0.05, 0.1) is 0 Å². The molecule has 2 rings (SSSR count). The lowest BCUT2D eigenvalue weighted by molar-refractivity contribution is 0.0699. The summed E-state index contributed by atoms with van der Waals surface area (Å²) in [6.07, 6.45) is 0. The van der Waals surface area contributed by atoms with E-state index < -0.39 is 5.97 Å². The molecule has 0 amide bonds. The Morgan fingerprint density at radius 3 is 2.89 bits per heavy atom. The Morgan fingerprint density at radius 2 is 2.22 bits per heavy atom. The van der Waals surface area contributed by atoms with Crippen LogP contribution in [0.5, 0.6) is 5.75 Å². The molecule has 3 nitrogen and oxygen atoms in total. The van der Waals surface area contributed by atoms with E-state index >= 15 is 0 Å². The van der Waals surface area contributed by atoms with Crippen molar-refractivity contribution in [2.24, 2.45) is 0 Å². The molecule has 0 saturated carbocycles. The summed E-state index contributed by atoms with van der Waals surface area (Å²) < 4.78 is 6.64. The molecule has 1 N–H and O–H groups in total. The standard InChI is InChI=1S/C13H11BrO3S/c1-8-6-10(14)2-3-11(8)17-7-9-4-5-18-12(9)13(15)16/h2-6H,7H2,1H3,(H,15,16). The van der Waals surface area contributed by atoms with Gasteiger partial charge < -0.3 is 9.84 Å². The first kappa shape index (κ1) is 13.1. The molecule has 0 radical (unpaired) electrons. The molecule has 0 saturated heterocycles. The van der Waals surface area contributed by atoms with E-state index in [0.29, 0.717) is 10.4 Å². The minimum atomic E-state index is -0.906. The Balaban J connectivity index is 2.11. The lowest BCUT2D eigenvalue weighted by atomic mass is 10.2. The zero-order chi connectivity index (χ0) is 13.1. The van der Waals surface area contributed by atoms with Gasteiger partial charge in [0, 0.05) is 10.0 Å². The summed E-state index contributed by atoms with van der Waals surface area (Å²) in [7, 11) is 0. The van der Waals surface area contributed by atoms with Gasteiger partial charge in [0.1, 0.15) is 17.2 Å². The fourth-order valence-corrected chi connectivity index (χ4v) is 2.79. The number of halogens is 1. The molecule has 94 valence electrons. The van der Waals surface area contributed by atoms with E-state index in [0.717, 1.165) is 15.8 Å². The van der Waals surface area contributed by atoms with Crippen LogP contribution in [0.3, 0.4) is 0 Å². The fourth-order valence-electron chi connectivity index (χ4n) is 1.57. The van der Waals surface area contributed by atoms with Crippen LogP contribution in [0.4, 0.5) is 0 Å². The normalized spacial score (nSPS) is 10.3. The van der Waals surface area contributed by atoms with Gasteiger partial charge in [-0.25, -0.2) is 4.79 Å². The van der Waals surface area contributed by atoms with Crippen LogP contribution in [-0.4, -0.2) is 11.1 Å². The minimum Gasteiger partial charge on any atom is -0.489 e. The molecule has 0 bridgehead atoms. The highest BCUT2D eigenvalue weighted by atomic mass is 79.9. The maximum atomic E-state index is 11.0. The Morgan fingerprint density at radius 1 is 1.44 bits per heavy atom. The molecular weight excluding hydrogens is 316 g/mol. The van der Waals surface area contributed by atoms with E-state index in [1.54, 1.807) is 11.4 Å². The lowest BCUT2D eigenvalue weighted by Gasteiger charge is -2.09. The highest BCUT2D eigenvalue weighted by Gasteiger charge is 2.12. The number of thiophene rings is 1. The predicted molar refractivity (Wildman–Crippen MR) is 74.5 cm³/mol. The average molecular weight is 327 g/mol. The highest BCUT2D eigenvalue weighted by molar-refractivity contribution is 9.10. The second-order valence-corrected chi connectivity index (χ2v) is 5.61. The van der Waals surface area contributed by atoms with Gasteiger partial charge in [-0.15, -0.1) is 11.3 Å². The smallest absolute Gasteiger partial charge is 0.346 e. The van der Waals surface area contributed by atoms with E-state index in [1.165, 1.54) is 11.3 Å². The molecule has 1 heterocycles. The Labute approximate surface area is 117 Å². The molecule has 0 spiro atoms. The number of hydrogen-bond donors (Lipinski definition) is 1. The number of carbonyl (C=O) groups is 1. The monoisotopic (exact) mass is 326 g/mol. The largest absolute Gasteiger partial charge is 0.489 e. The molecule has 0 aliphatic heterocycles. The predicted octanol–water partition coefficient (Wildman–Crippen LogP) is 4.10. The summed E-state index contributed by atoms with van der Waals surface area (Å²) >= 11 is 4.60. The van der Waals surface area contributed by atoms with Crippen LogP contribution in [0.15, 0.2) is 34.1 Å². The summed E-state index contributed by atoms with van der Waals surface area (Å²) in [6.45, 7) is 2.22. The number of benzene rings is 1. The van der Waals surface area contributed by atoms with Crippen LogP contribution in [0.1, 0.15) is 20.8 Å². The molecular formula is C13H11BrO3S. The van der Waals surface area contributed by atoms with Crippen LogP contribution in [0, 0.1) is 6.92 Å². The third-order valence-corrected chi connectivity index (χ3v) is 3.90. The van der Waals surface area contributed by atoms with E-state index in [4.69, 9.17) is 9.84 Å². The maximum Gasteiger partial charge on any atom is 0.346 e. The SMILES string of the molecule is Cc1cc(Br)ccc1OCc1ccsc1C(=O)O. The van der Waals surface area contributed by atoms with Gasteiger partial charge in [-0.2, -0.15) is 0 Å². The van der Waals surface area contributed by atoms with Crippen molar-refractivity contribution < 1.29 is 14.6 Å². The first-order chi connectivity index (χ1) is 8.58. The summed E-state index contributed by atoms with van der Waals surface area (Å²) in [4.78, 5) is 11.3. The van der Waals surface area contributed by atoms with E-state index in [-0.39, 0.29) is 6.61 Å². The van der Waals surface area contributed by atoms with Crippen molar-refractivity contribution >= 4 is 33.2 Å². The van der Waals surface area contributed by atoms with Crippen molar-refractivity contribution in [3.05, 3.63) is 50.1 Å². The van der Waals surface area contributed by atoms with Gasteiger partial charge in [-0.05, 0) is 42.1 Å². The molecule has 5 heteroatoms. The van der Waals surface area contributed by atoms with Gasteiger partial charge in [0.15, 0.2) is 0 Å². The molecule has 1 aromatic carbocycles. The van der Waals surface area contributed by atoms with Gasteiger partial charge >= 0.3 is 5.97 Å². The minimum absolute atomic E-state index is 0.271. The van der Waals surface area contributed by atoms with Crippen molar-refractivity contribution in [2.45, 2.75) is 13.5 Å². The summed E-state index contributed by atoms with van der Waals surface area (Å²) in [5, 5.41) is 10.8. The Kier molecular flexibility index (Phi) is 4.04. The van der Waals surface area contributed by atoms with Gasteiger partial charge in [0.25, 0.3) is 0 Å². The molecule has 0 unspecified atom stereocenters. The van der Waals surface area contributed by atoms with Crippen LogP contribution in [0.25, 0.3) is 0 Å². The summed E-state index contributed by atoms with van der Waals surface area (Å²) in [6, 6.07) is 7.50. The molecule has 2 aromatic rings. The fraction of sp³-hybridized carbons (Fsp3) is 0.154. The first-order valence-corrected chi connectivity index (χ1v) is 6.94. The molecule has 0 fully saturated rings. The van der Waals surface area contributed by atoms with Crippen molar-refractivity contribution in [3.8, 4) is 5.75 Å². The van der Waals surface area contributed by atoms with Crippen LogP contribution in [-0.2, 0) is 6.61 Å². The lowest BCUT2D eigenvalue weighted by Crippen LogP contribution is -2.02. The molecule has 0 aliphatic rings. The number of aryl methyl sites for hydroxylation is 1. The Hall–Kier alpha value is -1.33. The molecule has 0 aliphatic carbocycles. The second kappa shape index (κ2) is 5.54. The van der Waals surface area contributed by atoms with Gasteiger partial charge in [0.2, 0.25) is 0 Å². The maximum absolute atomic E-state index is 11.0. The molecule has 1 aromatic heterocycles. The average Bonchev–Trinajstić information content (AvgIpc) is 2.76. The highest BCUT2D eigenvalue weighted by Crippen LogP contribution is 2.24. The van der Waals surface area contributed by atoms with E-state index in [1.807, 2.05) is 25.1 Å². The zero-order valence-electron chi connectivity index (χ0n) is 9.64. The molecule has 18 heavy (non-hydrogen) atoms. The van der Waals surface area contributed by atoms with Crippen molar-refractivity contribution in [1.29, 1.82) is 0 Å². The quantitative estimate of drug-likeness (QED) is 0.920. The number of ether oxygens (including phenoxy) is 1. The number of rotatable bonds is 4. The van der Waals surface area contributed by atoms with Crippen LogP contribution in [0.2, 0.25) is 0 Å². The summed E-state index contributed by atoms with van der Waals surface area (Å²) in [5.41, 5.74) is 1.71. The number of carboxylic acid groups (broad SMARTS) is 1. The third kappa shape index (κ3) is 2.91. The van der Waals surface area contributed by atoms with E-state index in [2.05, 4.69) is 15.9 Å². The van der Waals surface area contributed by atoms with Crippen molar-refractivity contribution in [1.82, 2.24) is 0 Å². The molecule has 0 atom stereocenters. The number of aromatic carboxylic acids is 1. The first-order valence-electron chi connectivity index (χ1n) is 5.26. The van der Waals surface area contributed by atoms with Gasteiger partial charge in [-0.1, -0.05) is 15.9 Å². The Bertz CT molecular complexity index is 577. The van der Waals surface area contributed by atoms with Crippen LogP contribution >= 0.6 is 27.3 Å². The second-order valence-electron chi connectivity index (χ2n) is 3.78. The van der Waals surface area contributed by atoms with E-state index in [9.17, 15) is 4.79 Å². The zero-order valence-corrected chi connectivity index (χ0v) is 12.0.